The number of carbonyl (C=O) groups excluding carboxylic acids is 1. The van der Waals surface area contributed by atoms with Crippen LogP contribution >= 0.6 is 0 Å². The van der Waals surface area contributed by atoms with Crippen LogP contribution in [0.2, 0.25) is 0 Å². The van der Waals surface area contributed by atoms with Crippen molar-refractivity contribution >= 4 is 28.3 Å². The van der Waals surface area contributed by atoms with Crippen molar-refractivity contribution in [2.75, 3.05) is 11.4 Å². The summed E-state index contributed by atoms with van der Waals surface area (Å²) < 4.78 is 15.9. The second-order valence-electron chi connectivity index (χ2n) is 8.76. The summed E-state index contributed by atoms with van der Waals surface area (Å²) in [5, 5.41) is 8.94. The molecule has 1 aliphatic rings. The standard InChI is InChI=1S/C26H23FN6O/c1-16-14-28-24-9-10-25(31-33(16)24)32-15-20(13-23(32)18-6-4-7-19(27)11-18)29-26(34)22-12-17-5-2-3-8-21(17)30-22/h2-12,14,20,23,30H,13,15H2,1H3,(H,29,34)/t20?,23-/m1/s1. The molecule has 1 fully saturated rings. The molecule has 3 aromatic heterocycles. The van der Waals surface area contributed by atoms with Crippen molar-refractivity contribution in [1.29, 1.82) is 0 Å². The number of para-hydroxylation sites is 1. The number of rotatable bonds is 4. The van der Waals surface area contributed by atoms with E-state index in [0.717, 1.165) is 33.6 Å². The number of anilines is 1. The number of carbonyl (C=O) groups is 1. The first-order valence-electron chi connectivity index (χ1n) is 11.3. The lowest BCUT2D eigenvalue weighted by Gasteiger charge is -2.26. The largest absolute Gasteiger partial charge is 0.351 e. The van der Waals surface area contributed by atoms with Crippen LogP contribution in [0.4, 0.5) is 10.2 Å². The van der Waals surface area contributed by atoms with Gasteiger partial charge in [0.25, 0.3) is 5.91 Å². The number of halogens is 1. The summed E-state index contributed by atoms with van der Waals surface area (Å²) in [6.45, 7) is 2.51. The number of nitrogens with one attached hydrogen (secondary N) is 2. The maximum absolute atomic E-state index is 14.1. The fourth-order valence-corrected chi connectivity index (χ4v) is 4.81. The molecular formula is C26H23FN6O. The highest BCUT2D eigenvalue weighted by Gasteiger charge is 2.35. The highest BCUT2D eigenvalue weighted by Crippen LogP contribution is 2.36. The minimum atomic E-state index is -0.281. The van der Waals surface area contributed by atoms with Gasteiger partial charge in [0.2, 0.25) is 0 Å². The molecule has 1 aliphatic heterocycles. The SMILES string of the molecule is Cc1cnc2ccc(N3CC(NC(=O)c4cc5ccccc5[nH]4)C[C@@H]3c3cccc(F)c3)nn12. The molecule has 1 amide bonds. The summed E-state index contributed by atoms with van der Waals surface area (Å²) in [4.78, 5) is 22.7. The number of benzene rings is 2. The Labute approximate surface area is 195 Å². The second kappa shape index (κ2) is 7.98. The van der Waals surface area contributed by atoms with Gasteiger partial charge < -0.3 is 15.2 Å². The van der Waals surface area contributed by atoms with Crippen LogP contribution in [0.1, 0.15) is 34.2 Å². The summed E-state index contributed by atoms with van der Waals surface area (Å²) in [5.74, 6) is 0.317. The van der Waals surface area contributed by atoms with Crippen LogP contribution in [0.15, 0.2) is 72.9 Å². The summed E-state index contributed by atoms with van der Waals surface area (Å²) >= 11 is 0. The van der Waals surface area contributed by atoms with E-state index < -0.39 is 0 Å². The van der Waals surface area contributed by atoms with Gasteiger partial charge in [-0.25, -0.2) is 13.9 Å². The van der Waals surface area contributed by atoms with Gasteiger partial charge >= 0.3 is 0 Å². The molecule has 170 valence electrons. The molecule has 2 atom stereocenters. The van der Waals surface area contributed by atoms with E-state index in [0.29, 0.717) is 18.7 Å². The third-order valence-corrected chi connectivity index (χ3v) is 6.46. The number of imidazole rings is 1. The molecule has 1 saturated heterocycles. The van der Waals surface area contributed by atoms with Crippen molar-refractivity contribution in [3.8, 4) is 0 Å². The third kappa shape index (κ3) is 3.57. The number of amides is 1. The number of H-pyrrole nitrogens is 1. The molecule has 2 N–H and O–H groups in total. The number of hydrogen-bond acceptors (Lipinski definition) is 4. The summed E-state index contributed by atoms with van der Waals surface area (Å²) in [6.07, 6.45) is 2.42. The quantitative estimate of drug-likeness (QED) is 0.422. The number of aryl methyl sites for hydroxylation is 1. The van der Waals surface area contributed by atoms with E-state index in [2.05, 4.69) is 20.2 Å². The van der Waals surface area contributed by atoms with Crippen LogP contribution in [0, 0.1) is 12.7 Å². The Kier molecular flexibility index (Phi) is 4.79. The minimum absolute atomic E-state index is 0.127. The van der Waals surface area contributed by atoms with Gasteiger partial charge in [0.15, 0.2) is 5.65 Å². The molecule has 1 unspecified atom stereocenters. The number of aromatic nitrogens is 4. The Morgan fingerprint density at radius 1 is 1.12 bits per heavy atom. The minimum Gasteiger partial charge on any atom is -0.351 e. The Morgan fingerprint density at radius 2 is 2.00 bits per heavy atom. The molecular weight excluding hydrogens is 431 g/mol. The van der Waals surface area contributed by atoms with E-state index in [9.17, 15) is 9.18 Å². The third-order valence-electron chi connectivity index (χ3n) is 6.46. The van der Waals surface area contributed by atoms with E-state index in [1.54, 1.807) is 22.8 Å². The lowest BCUT2D eigenvalue weighted by Crippen LogP contribution is -2.37. The Balaban J connectivity index is 1.31. The molecule has 2 aromatic carbocycles. The molecule has 0 bridgehead atoms. The van der Waals surface area contributed by atoms with Crippen LogP contribution < -0.4 is 10.2 Å². The first-order chi connectivity index (χ1) is 16.5. The maximum atomic E-state index is 14.1. The van der Waals surface area contributed by atoms with Gasteiger partial charge in [-0.1, -0.05) is 30.3 Å². The molecule has 34 heavy (non-hydrogen) atoms. The van der Waals surface area contributed by atoms with Crippen molar-refractivity contribution in [3.63, 3.8) is 0 Å². The first kappa shape index (κ1) is 20.4. The van der Waals surface area contributed by atoms with Crippen molar-refractivity contribution in [2.45, 2.75) is 25.4 Å². The molecule has 5 aromatic rings. The highest BCUT2D eigenvalue weighted by molar-refractivity contribution is 5.98. The fraction of sp³-hybridized carbons (Fsp3) is 0.192. The van der Waals surface area contributed by atoms with Crippen molar-refractivity contribution in [1.82, 2.24) is 24.9 Å². The Bertz CT molecular complexity index is 1490. The Hall–Kier alpha value is -4.20. The number of aromatic amines is 1. The van der Waals surface area contributed by atoms with E-state index in [-0.39, 0.29) is 23.8 Å². The maximum Gasteiger partial charge on any atom is 0.268 e. The zero-order chi connectivity index (χ0) is 23.2. The molecule has 0 saturated carbocycles. The second-order valence-corrected chi connectivity index (χ2v) is 8.76. The van der Waals surface area contributed by atoms with E-state index in [1.807, 2.05) is 55.5 Å². The van der Waals surface area contributed by atoms with E-state index in [4.69, 9.17) is 5.10 Å². The monoisotopic (exact) mass is 454 g/mol. The number of hydrogen-bond donors (Lipinski definition) is 2. The van der Waals surface area contributed by atoms with Gasteiger partial charge in [-0.2, -0.15) is 0 Å². The van der Waals surface area contributed by atoms with Crippen molar-refractivity contribution in [2.24, 2.45) is 0 Å². The molecule has 8 heteroatoms. The molecule has 4 heterocycles. The van der Waals surface area contributed by atoms with Gasteiger partial charge in [-0.3, -0.25) is 4.79 Å². The summed E-state index contributed by atoms with van der Waals surface area (Å²) in [7, 11) is 0. The fourth-order valence-electron chi connectivity index (χ4n) is 4.81. The lowest BCUT2D eigenvalue weighted by molar-refractivity contribution is 0.0935. The normalized spacial score (nSPS) is 18.1. The lowest BCUT2D eigenvalue weighted by atomic mass is 10.0. The highest BCUT2D eigenvalue weighted by atomic mass is 19.1. The van der Waals surface area contributed by atoms with Crippen LogP contribution in [-0.2, 0) is 0 Å². The van der Waals surface area contributed by atoms with Gasteiger partial charge in [-0.15, -0.1) is 5.10 Å². The Morgan fingerprint density at radius 3 is 2.85 bits per heavy atom. The first-order valence-corrected chi connectivity index (χ1v) is 11.3. The van der Waals surface area contributed by atoms with Gasteiger partial charge in [-0.05, 0) is 55.3 Å². The van der Waals surface area contributed by atoms with Gasteiger partial charge in [0.05, 0.1) is 17.9 Å². The predicted molar refractivity (Wildman–Crippen MR) is 128 cm³/mol. The molecule has 0 radical (unpaired) electrons. The molecule has 0 spiro atoms. The molecule has 6 rings (SSSR count). The van der Waals surface area contributed by atoms with Crippen LogP contribution in [0.3, 0.4) is 0 Å². The molecule has 0 aliphatic carbocycles. The van der Waals surface area contributed by atoms with Gasteiger partial charge in [0, 0.05) is 23.5 Å². The van der Waals surface area contributed by atoms with Crippen LogP contribution in [0.5, 0.6) is 0 Å². The molecule has 7 nitrogen and oxygen atoms in total. The predicted octanol–water partition coefficient (Wildman–Crippen LogP) is 4.41. The van der Waals surface area contributed by atoms with E-state index >= 15 is 0 Å². The zero-order valence-corrected chi connectivity index (χ0v) is 18.6. The van der Waals surface area contributed by atoms with Crippen molar-refractivity contribution < 1.29 is 9.18 Å². The summed E-state index contributed by atoms with van der Waals surface area (Å²) in [5.41, 5.74) is 4.00. The van der Waals surface area contributed by atoms with Gasteiger partial charge in [0.1, 0.15) is 17.3 Å². The number of nitrogens with zero attached hydrogens (tertiary/aromatic N) is 4. The van der Waals surface area contributed by atoms with E-state index in [1.165, 1.54) is 6.07 Å². The topological polar surface area (TPSA) is 78.3 Å². The summed E-state index contributed by atoms with van der Waals surface area (Å²) in [6, 6.07) is 19.9. The van der Waals surface area contributed by atoms with Crippen molar-refractivity contribution in [3.05, 3.63) is 95.7 Å². The number of fused-ring (bicyclic) bond motifs is 2. The van der Waals surface area contributed by atoms with Crippen LogP contribution in [0.25, 0.3) is 16.6 Å². The van der Waals surface area contributed by atoms with Crippen LogP contribution in [-0.4, -0.2) is 38.1 Å². The average Bonchev–Trinajstić information content (AvgIpc) is 3.56. The average molecular weight is 455 g/mol. The zero-order valence-electron chi connectivity index (χ0n) is 18.6. The smallest absolute Gasteiger partial charge is 0.268 e.